The van der Waals surface area contributed by atoms with Crippen LogP contribution >= 0.6 is 0 Å². The number of rotatable bonds is 5. The van der Waals surface area contributed by atoms with Gasteiger partial charge in [0.15, 0.2) is 5.82 Å². The molecule has 0 radical (unpaired) electrons. The van der Waals surface area contributed by atoms with Gasteiger partial charge in [0, 0.05) is 18.4 Å². The molecule has 1 heterocycles. The van der Waals surface area contributed by atoms with Gasteiger partial charge in [-0.05, 0) is 63.7 Å². The van der Waals surface area contributed by atoms with Crippen LogP contribution in [-0.4, -0.2) is 22.1 Å². The van der Waals surface area contributed by atoms with E-state index in [1.54, 1.807) is 0 Å². The van der Waals surface area contributed by atoms with Crippen LogP contribution in [0.25, 0.3) is 0 Å². The van der Waals surface area contributed by atoms with Crippen molar-refractivity contribution in [1.82, 2.24) is 15.5 Å². The largest absolute Gasteiger partial charge is 0.353 e. The lowest BCUT2D eigenvalue weighted by Crippen LogP contribution is -2.44. The molecule has 3 aliphatic rings. The van der Waals surface area contributed by atoms with E-state index < -0.39 is 0 Å². The topological polar surface area (TPSA) is 94.0 Å². The van der Waals surface area contributed by atoms with Gasteiger partial charge in [0.05, 0.1) is 5.54 Å². The van der Waals surface area contributed by atoms with Crippen LogP contribution in [0.1, 0.15) is 94.7 Å². The van der Waals surface area contributed by atoms with Gasteiger partial charge in [-0.15, -0.1) is 0 Å². The molecule has 0 bridgehead atoms. The standard InChI is InChI=1S/C19H30N4O2/c20-19(10-3-11-19)18-22-17(25-23-18)14-6-8-15(9-7-14)21-16(24)12-13-4-1-2-5-13/h13-15H,1-12,20H2,(H,21,24). The summed E-state index contributed by atoms with van der Waals surface area (Å²) >= 11 is 0. The lowest BCUT2D eigenvalue weighted by Gasteiger charge is -2.34. The van der Waals surface area contributed by atoms with Crippen LogP contribution < -0.4 is 11.1 Å². The smallest absolute Gasteiger partial charge is 0.229 e. The molecule has 3 aliphatic carbocycles. The molecule has 1 aromatic heterocycles. The number of nitrogens with two attached hydrogens (primary N) is 1. The first kappa shape index (κ1) is 17.0. The highest BCUT2D eigenvalue weighted by Gasteiger charge is 2.39. The lowest BCUT2D eigenvalue weighted by atomic mass is 9.77. The van der Waals surface area contributed by atoms with Crippen molar-refractivity contribution < 1.29 is 9.32 Å². The second kappa shape index (κ2) is 7.06. The van der Waals surface area contributed by atoms with Crippen LogP contribution in [0.4, 0.5) is 0 Å². The Labute approximate surface area is 149 Å². The molecule has 0 unspecified atom stereocenters. The van der Waals surface area contributed by atoms with E-state index in [-0.39, 0.29) is 11.4 Å². The molecule has 1 amide bonds. The summed E-state index contributed by atoms with van der Waals surface area (Å²) in [6.07, 6.45) is 12.8. The van der Waals surface area contributed by atoms with Crippen molar-refractivity contribution in [2.75, 3.05) is 0 Å². The van der Waals surface area contributed by atoms with E-state index in [4.69, 9.17) is 10.3 Å². The molecule has 0 aromatic carbocycles. The predicted octanol–water partition coefficient (Wildman–Crippen LogP) is 3.13. The summed E-state index contributed by atoms with van der Waals surface area (Å²) in [6.45, 7) is 0. The molecule has 0 aliphatic heterocycles. The summed E-state index contributed by atoms with van der Waals surface area (Å²) in [4.78, 5) is 16.8. The third-order valence-corrected chi connectivity index (χ3v) is 6.52. The van der Waals surface area contributed by atoms with Gasteiger partial charge in [-0.25, -0.2) is 0 Å². The Morgan fingerprint density at radius 3 is 2.48 bits per heavy atom. The summed E-state index contributed by atoms with van der Waals surface area (Å²) in [5, 5.41) is 7.37. The highest BCUT2D eigenvalue weighted by atomic mass is 16.5. The number of nitrogens with one attached hydrogen (secondary N) is 1. The van der Waals surface area contributed by atoms with Gasteiger partial charge in [-0.3, -0.25) is 4.79 Å². The molecule has 0 spiro atoms. The van der Waals surface area contributed by atoms with E-state index in [9.17, 15) is 4.79 Å². The molecule has 0 atom stereocenters. The number of carbonyl (C=O) groups excluding carboxylic acids is 1. The summed E-state index contributed by atoms with van der Waals surface area (Å²) < 4.78 is 5.50. The first-order chi connectivity index (χ1) is 12.1. The average molecular weight is 346 g/mol. The lowest BCUT2D eigenvalue weighted by molar-refractivity contribution is -0.122. The minimum Gasteiger partial charge on any atom is -0.353 e. The van der Waals surface area contributed by atoms with Crippen molar-refractivity contribution in [1.29, 1.82) is 0 Å². The molecule has 3 saturated carbocycles. The van der Waals surface area contributed by atoms with E-state index in [0.29, 0.717) is 30.1 Å². The van der Waals surface area contributed by atoms with Crippen LogP contribution in [0.15, 0.2) is 4.52 Å². The van der Waals surface area contributed by atoms with Gasteiger partial charge in [0.25, 0.3) is 0 Å². The maximum absolute atomic E-state index is 12.2. The summed E-state index contributed by atoms with van der Waals surface area (Å²) in [5.41, 5.74) is 5.92. The van der Waals surface area contributed by atoms with Gasteiger partial charge in [-0.1, -0.05) is 18.0 Å². The van der Waals surface area contributed by atoms with Crippen molar-refractivity contribution >= 4 is 5.91 Å². The fourth-order valence-electron chi connectivity index (χ4n) is 4.63. The zero-order valence-electron chi connectivity index (χ0n) is 15.0. The van der Waals surface area contributed by atoms with E-state index >= 15 is 0 Å². The van der Waals surface area contributed by atoms with E-state index in [0.717, 1.165) is 50.8 Å². The maximum Gasteiger partial charge on any atom is 0.229 e. The van der Waals surface area contributed by atoms with Gasteiger partial charge < -0.3 is 15.6 Å². The molecule has 0 saturated heterocycles. The highest BCUT2D eigenvalue weighted by molar-refractivity contribution is 5.76. The number of carbonyl (C=O) groups is 1. The second-order valence-corrected chi connectivity index (χ2v) is 8.44. The van der Waals surface area contributed by atoms with Crippen molar-refractivity contribution in [3.63, 3.8) is 0 Å². The molecule has 6 nitrogen and oxygen atoms in total. The fourth-order valence-corrected chi connectivity index (χ4v) is 4.63. The molecular weight excluding hydrogens is 316 g/mol. The molecule has 1 aromatic rings. The summed E-state index contributed by atoms with van der Waals surface area (Å²) in [6, 6.07) is 0.306. The maximum atomic E-state index is 12.2. The number of nitrogens with zero attached hydrogens (tertiary/aromatic N) is 2. The quantitative estimate of drug-likeness (QED) is 0.854. The van der Waals surface area contributed by atoms with Crippen molar-refractivity contribution in [2.45, 2.75) is 94.5 Å². The molecule has 4 rings (SSSR count). The Morgan fingerprint density at radius 2 is 1.84 bits per heavy atom. The van der Waals surface area contributed by atoms with E-state index in [2.05, 4.69) is 15.5 Å². The van der Waals surface area contributed by atoms with E-state index in [1.807, 2.05) is 0 Å². The Balaban J connectivity index is 1.24. The fraction of sp³-hybridized carbons (Fsp3) is 0.842. The molecule has 25 heavy (non-hydrogen) atoms. The number of hydrogen-bond donors (Lipinski definition) is 2. The Morgan fingerprint density at radius 1 is 1.12 bits per heavy atom. The molecule has 6 heteroatoms. The SMILES string of the molecule is NC1(c2noc(C3CCC(NC(=O)CC4CCCC4)CC3)n2)CCC1. The zero-order valence-corrected chi connectivity index (χ0v) is 15.0. The van der Waals surface area contributed by atoms with Crippen molar-refractivity contribution in [3.05, 3.63) is 11.7 Å². The number of amides is 1. The Bertz CT molecular complexity index is 596. The van der Waals surface area contributed by atoms with Crippen LogP contribution in [-0.2, 0) is 10.3 Å². The van der Waals surface area contributed by atoms with Crippen LogP contribution in [0.2, 0.25) is 0 Å². The molecule has 3 N–H and O–H groups in total. The van der Waals surface area contributed by atoms with Gasteiger partial charge in [-0.2, -0.15) is 4.98 Å². The van der Waals surface area contributed by atoms with Gasteiger partial charge in [0.1, 0.15) is 0 Å². The molecular formula is C19H30N4O2. The van der Waals surface area contributed by atoms with Gasteiger partial charge in [0.2, 0.25) is 11.8 Å². The average Bonchev–Trinajstić information content (AvgIpc) is 3.25. The van der Waals surface area contributed by atoms with Crippen molar-refractivity contribution in [3.8, 4) is 0 Å². The summed E-state index contributed by atoms with van der Waals surface area (Å²) in [5.74, 6) is 2.59. The number of aromatic nitrogens is 2. The van der Waals surface area contributed by atoms with Crippen molar-refractivity contribution in [2.24, 2.45) is 11.7 Å². The monoisotopic (exact) mass is 346 g/mol. The third-order valence-electron chi connectivity index (χ3n) is 6.52. The van der Waals surface area contributed by atoms with Crippen LogP contribution in [0, 0.1) is 5.92 Å². The Hall–Kier alpha value is -1.43. The highest BCUT2D eigenvalue weighted by Crippen LogP contribution is 2.39. The minimum atomic E-state index is -0.354. The van der Waals surface area contributed by atoms with Gasteiger partial charge >= 0.3 is 0 Å². The zero-order chi connectivity index (χ0) is 17.3. The van der Waals surface area contributed by atoms with E-state index in [1.165, 1.54) is 25.7 Å². The number of hydrogen-bond acceptors (Lipinski definition) is 5. The second-order valence-electron chi connectivity index (χ2n) is 8.44. The molecule has 3 fully saturated rings. The predicted molar refractivity (Wildman–Crippen MR) is 93.7 cm³/mol. The van der Waals surface area contributed by atoms with Crippen LogP contribution in [0.5, 0.6) is 0 Å². The first-order valence-electron chi connectivity index (χ1n) is 10.0. The van der Waals surface area contributed by atoms with Crippen LogP contribution in [0.3, 0.4) is 0 Å². The first-order valence-corrected chi connectivity index (χ1v) is 10.0. The summed E-state index contributed by atoms with van der Waals surface area (Å²) in [7, 11) is 0. The third kappa shape index (κ3) is 3.73. The molecule has 138 valence electrons. The normalized spacial score (nSPS) is 29.3. The Kier molecular flexibility index (Phi) is 4.80. The minimum absolute atomic E-state index is 0.241.